The number of likely N-dealkylation sites (tertiary alicyclic amines) is 2. The first-order valence-electron chi connectivity index (χ1n) is 10.1. The van der Waals surface area contributed by atoms with E-state index < -0.39 is 0 Å². The van der Waals surface area contributed by atoms with Crippen molar-refractivity contribution in [3.63, 3.8) is 0 Å². The molecule has 0 bridgehead atoms. The van der Waals surface area contributed by atoms with E-state index >= 15 is 0 Å². The Kier molecular flexibility index (Phi) is 5.72. The minimum absolute atomic E-state index is 0.0505. The van der Waals surface area contributed by atoms with Crippen LogP contribution >= 0.6 is 0 Å². The van der Waals surface area contributed by atoms with Gasteiger partial charge in [-0.2, -0.15) is 0 Å². The fraction of sp³-hybridized carbons (Fsp3) is 0.435. The van der Waals surface area contributed by atoms with Crippen LogP contribution in [0.15, 0.2) is 42.5 Å². The molecule has 4 rings (SSSR count). The molecule has 0 spiro atoms. The largest absolute Gasteiger partial charge is 0.497 e. The van der Waals surface area contributed by atoms with Gasteiger partial charge in [-0.05, 0) is 55.6 Å². The van der Waals surface area contributed by atoms with Crippen molar-refractivity contribution >= 4 is 5.91 Å². The summed E-state index contributed by atoms with van der Waals surface area (Å²) in [6.07, 6.45) is 2.17. The van der Waals surface area contributed by atoms with Crippen molar-refractivity contribution in [1.29, 1.82) is 0 Å². The maximum Gasteiger partial charge on any atom is 0.253 e. The van der Waals surface area contributed by atoms with Crippen LogP contribution in [0.3, 0.4) is 0 Å². The first-order chi connectivity index (χ1) is 14.1. The number of hydrogen-bond donors (Lipinski definition) is 0. The lowest BCUT2D eigenvalue weighted by Crippen LogP contribution is -2.44. The topological polar surface area (TPSA) is 42.0 Å². The maximum absolute atomic E-state index is 14.6. The Bertz CT molecular complexity index is 871. The fourth-order valence-corrected chi connectivity index (χ4v) is 4.61. The van der Waals surface area contributed by atoms with Gasteiger partial charge in [0, 0.05) is 36.8 Å². The van der Waals surface area contributed by atoms with Crippen molar-refractivity contribution in [2.45, 2.75) is 25.4 Å². The summed E-state index contributed by atoms with van der Waals surface area (Å²) in [6.45, 7) is 2.89. The van der Waals surface area contributed by atoms with Gasteiger partial charge in [-0.15, -0.1) is 0 Å². The Morgan fingerprint density at radius 2 is 1.90 bits per heavy atom. The lowest BCUT2D eigenvalue weighted by Gasteiger charge is -2.36. The molecule has 2 aromatic carbocycles. The Hall–Kier alpha value is -2.60. The van der Waals surface area contributed by atoms with Crippen molar-refractivity contribution in [3.05, 3.63) is 59.4 Å². The maximum atomic E-state index is 14.6. The lowest BCUT2D eigenvalue weighted by molar-refractivity contribution is 0.0774. The number of benzene rings is 2. The van der Waals surface area contributed by atoms with E-state index in [-0.39, 0.29) is 23.5 Å². The third-order valence-corrected chi connectivity index (χ3v) is 6.16. The van der Waals surface area contributed by atoms with Crippen molar-refractivity contribution in [2.24, 2.45) is 5.92 Å². The van der Waals surface area contributed by atoms with E-state index in [9.17, 15) is 9.18 Å². The first kappa shape index (κ1) is 19.7. The zero-order chi connectivity index (χ0) is 20.4. The molecule has 2 saturated heterocycles. The van der Waals surface area contributed by atoms with E-state index in [1.165, 1.54) is 7.11 Å². The van der Waals surface area contributed by atoms with Gasteiger partial charge in [0.05, 0.1) is 14.2 Å². The molecule has 0 N–H and O–H groups in total. The second kappa shape index (κ2) is 8.41. The molecule has 0 unspecified atom stereocenters. The zero-order valence-corrected chi connectivity index (χ0v) is 16.9. The van der Waals surface area contributed by atoms with Crippen molar-refractivity contribution in [1.82, 2.24) is 9.80 Å². The molecule has 29 heavy (non-hydrogen) atoms. The Labute approximate surface area is 171 Å². The third kappa shape index (κ3) is 3.94. The SMILES string of the molecule is COc1ccc(C(=O)N2C[C@H]3CCCN(Cc4cccc(OC)c4F)[C@H]3C2)cc1. The fourth-order valence-electron chi connectivity index (χ4n) is 4.61. The summed E-state index contributed by atoms with van der Waals surface area (Å²) >= 11 is 0. The summed E-state index contributed by atoms with van der Waals surface area (Å²) in [6, 6.07) is 12.8. The molecule has 0 saturated carbocycles. The van der Waals surface area contributed by atoms with Crippen LogP contribution in [0.5, 0.6) is 11.5 Å². The zero-order valence-electron chi connectivity index (χ0n) is 16.9. The number of carbonyl (C=O) groups is 1. The van der Waals surface area contributed by atoms with Crippen molar-refractivity contribution < 1.29 is 18.7 Å². The number of halogens is 1. The van der Waals surface area contributed by atoms with Gasteiger partial charge in [0.25, 0.3) is 5.91 Å². The Morgan fingerprint density at radius 1 is 1.10 bits per heavy atom. The van der Waals surface area contributed by atoms with Crippen LogP contribution in [-0.2, 0) is 6.54 Å². The average Bonchev–Trinajstić information content (AvgIpc) is 3.20. The number of hydrogen-bond acceptors (Lipinski definition) is 4. The van der Waals surface area contributed by atoms with Gasteiger partial charge in [0.1, 0.15) is 5.75 Å². The number of amides is 1. The van der Waals surface area contributed by atoms with Crippen molar-refractivity contribution in [3.8, 4) is 11.5 Å². The molecule has 2 aromatic rings. The van der Waals surface area contributed by atoms with E-state index in [4.69, 9.17) is 9.47 Å². The van der Waals surface area contributed by atoms with Gasteiger partial charge < -0.3 is 14.4 Å². The normalized spacial score (nSPS) is 21.7. The van der Waals surface area contributed by atoms with E-state index in [0.717, 1.165) is 31.7 Å². The van der Waals surface area contributed by atoms with E-state index in [0.29, 0.717) is 30.1 Å². The van der Waals surface area contributed by atoms with Gasteiger partial charge in [-0.3, -0.25) is 9.69 Å². The van der Waals surface area contributed by atoms with Crippen molar-refractivity contribution in [2.75, 3.05) is 33.9 Å². The molecule has 0 aliphatic carbocycles. The minimum atomic E-state index is -0.290. The summed E-state index contributed by atoms with van der Waals surface area (Å²) in [5.74, 6) is 1.21. The van der Waals surface area contributed by atoms with Crippen LogP contribution in [0.25, 0.3) is 0 Å². The number of ether oxygens (including phenoxy) is 2. The molecule has 154 valence electrons. The van der Waals surface area contributed by atoms with Crippen LogP contribution < -0.4 is 9.47 Å². The summed E-state index contributed by atoms with van der Waals surface area (Å²) in [7, 11) is 3.10. The summed E-state index contributed by atoms with van der Waals surface area (Å²) in [5, 5.41) is 0. The summed E-state index contributed by atoms with van der Waals surface area (Å²) < 4.78 is 24.9. The molecule has 2 aliphatic rings. The van der Waals surface area contributed by atoms with Crippen LogP contribution in [-0.4, -0.2) is 55.6 Å². The van der Waals surface area contributed by atoms with E-state index in [1.54, 1.807) is 13.2 Å². The molecule has 0 aromatic heterocycles. The minimum Gasteiger partial charge on any atom is -0.497 e. The summed E-state index contributed by atoms with van der Waals surface area (Å²) in [5.41, 5.74) is 1.32. The predicted molar refractivity (Wildman–Crippen MR) is 109 cm³/mol. The highest BCUT2D eigenvalue weighted by atomic mass is 19.1. The van der Waals surface area contributed by atoms with Gasteiger partial charge in [-0.1, -0.05) is 12.1 Å². The number of rotatable bonds is 5. The van der Waals surface area contributed by atoms with Gasteiger partial charge in [0.15, 0.2) is 11.6 Å². The van der Waals surface area contributed by atoms with Gasteiger partial charge in [-0.25, -0.2) is 4.39 Å². The molecule has 2 aliphatic heterocycles. The van der Waals surface area contributed by atoms with Crippen LogP contribution in [0.4, 0.5) is 4.39 Å². The third-order valence-electron chi connectivity index (χ3n) is 6.16. The Morgan fingerprint density at radius 3 is 2.62 bits per heavy atom. The van der Waals surface area contributed by atoms with Crippen LogP contribution in [0, 0.1) is 11.7 Å². The Balaban J connectivity index is 1.47. The molecule has 0 radical (unpaired) electrons. The highest BCUT2D eigenvalue weighted by Gasteiger charge is 2.41. The first-order valence-corrected chi connectivity index (χ1v) is 10.1. The molecular weight excluding hydrogens is 371 g/mol. The van der Waals surface area contributed by atoms with E-state index in [1.807, 2.05) is 41.3 Å². The van der Waals surface area contributed by atoms with Crippen LogP contribution in [0.2, 0.25) is 0 Å². The van der Waals surface area contributed by atoms with Crippen LogP contribution in [0.1, 0.15) is 28.8 Å². The number of methoxy groups -OCH3 is 2. The number of fused-ring (bicyclic) bond motifs is 1. The lowest BCUT2D eigenvalue weighted by atomic mass is 9.91. The average molecular weight is 398 g/mol. The summed E-state index contributed by atoms with van der Waals surface area (Å²) in [4.78, 5) is 17.3. The smallest absolute Gasteiger partial charge is 0.253 e. The number of carbonyl (C=O) groups excluding carboxylic acids is 1. The second-order valence-corrected chi connectivity index (χ2v) is 7.81. The second-order valence-electron chi connectivity index (χ2n) is 7.81. The highest BCUT2D eigenvalue weighted by molar-refractivity contribution is 5.94. The van der Waals surface area contributed by atoms with Gasteiger partial charge >= 0.3 is 0 Å². The molecule has 2 fully saturated rings. The molecule has 6 heteroatoms. The monoisotopic (exact) mass is 398 g/mol. The molecule has 2 atom stereocenters. The van der Waals surface area contributed by atoms with E-state index in [2.05, 4.69) is 4.90 Å². The number of nitrogens with zero attached hydrogens (tertiary/aromatic N) is 2. The molecular formula is C23H27FN2O3. The molecule has 2 heterocycles. The van der Waals surface area contributed by atoms with Gasteiger partial charge in [0.2, 0.25) is 0 Å². The highest BCUT2D eigenvalue weighted by Crippen LogP contribution is 2.33. The predicted octanol–water partition coefficient (Wildman–Crippen LogP) is 3.58. The molecule has 1 amide bonds. The standard InChI is InChI=1S/C23H27FN2O3/c1-28-19-10-8-16(9-11-19)23(27)26-13-17-6-4-12-25(20(17)15-26)14-18-5-3-7-21(29-2)22(18)24/h3,5,7-11,17,20H,4,6,12-15H2,1-2H3/t17-,20+/m1/s1. The number of piperidine rings is 1. The quantitative estimate of drug-likeness (QED) is 0.772. The molecule has 5 nitrogen and oxygen atoms in total.